The number of amides is 1. The lowest BCUT2D eigenvalue weighted by molar-refractivity contribution is -0.122. The maximum Gasteiger partial charge on any atom is 0.236 e. The first kappa shape index (κ1) is 9.43. The molecule has 3 nitrogen and oxygen atoms in total. The van der Waals surface area contributed by atoms with Crippen molar-refractivity contribution in [1.82, 2.24) is 5.32 Å². The Bertz CT molecular complexity index is 104. The highest BCUT2D eigenvalue weighted by Crippen LogP contribution is 1.91. The Kier molecular flexibility index (Phi) is 4.94. The molecule has 0 saturated carbocycles. The number of rotatable bonds is 4. The number of carbonyl (C=O) groups excluding carboxylic acids is 1. The molecule has 0 aromatic rings. The molecule has 3 heteroatoms. The Morgan fingerprint density at radius 3 is 2.60 bits per heavy atom. The maximum atomic E-state index is 10.9. The van der Waals surface area contributed by atoms with Crippen LogP contribution in [0.3, 0.4) is 0 Å². The molecule has 1 atom stereocenters. The Morgan fingerprint density at radius 1 is 1.60 bits per heavy atom. The second-order valence-corrected chi connectivity index (χ2v) is 2.29. The molecule has 0 aromatic carbocycles. The number of nitrogens with two attached hydrogens (primary N) is 1. The standard InChI is InChI=1S/C7H16N2O/c1-3-5-6(8)7(10)9-4-2/h6H,3-5,8H2,1-2H3,(H,9,10)/t6-/m0/s1. The first-order valence-electron chi connectivity index (χ1n) is 3.75. The van der Waals surface area contributed by atoms with E-state index in [0.717, 1.165) is 12.8 Å². The van der Waals surface area contributed by atoms with Gasteiger partial charge >= 0.3 is 0 Å². The fraction of sp³-hybridized carbons (Fsp3) is 0.857. The second-order valence-electron chi connectivity index (χ2n) is 2.29. The summed E-state index contributed by atoms with van der Waals surface area (Å²) in [6.07, 6.45) is 1.73. The van der Waals surface area contributed by atoms with Crippen molar-refractivity contribution in [3.63, 3.8) is 0 Å². The summed E-state index contributed by atoms with van der Waals surface area (Å²) in [5.41, 5.74) is 5.50. The van der Waals surface area contributed by atoms with Gasteiger partial charge in [-0.3, -0.25) is 4.79 Å². The predicted octanol–water partition coefficient (Wildman–Crippen LogP) is 0.250. The number of hydrogen-bond donors (Lipinski definition) is 2. The van der Waals surface area contributed by atoms with Crippen LogP contribution < -0.4 is 11.1 Å². The van der Waals surface area contributed by atoms with Crippen LogP contribution in [0, 0.1) is 0 Å². The fourth-order valence-electron chi connectivity index (χ4n) is 0.747. The molecule has 0 saturated heterocycles. The van der Waals surface area contributed by atoms with Gasteiger partial charge in [0, 0.05) is 6.54 Å². The van der Waals surface area contributed by atoms with Crippen LogP contribution in [0.4, 0.5) is 0 Å². The zero-order valence-electron chi connectivity index (χ0n) is 6.68. The Hall–Kier alpha value is -0.570. The predicted molar refractivity (Wildman–Crippen MR) is 41.6 cm³/mol. The van der Waals surface area contributed by atoms with Crippen LogP contribution in [0.15, 0.2) is 0 Å². The van der Waals surface area contributed by atoms with E-state index in [1.807, 2.05) is 13.8 Å². The van der Waals surface area contributed by atoms with Gasteiger partial charge in [0.25, 0.3) is 0 Å². The minimum absolute atomic E-state index is 0.0376. The van der Waals surface area contributed by atoms with E-state index in [1.165, 1.54) is 0 Å². The largest absolute Gasteiger partial charge is 0.355 e. The van der Waals surface area contributed by atoms with Crippen molar-refractivity contribution in [2.24, 2.45) is 5.73 Å². The summed E-state index contributed by atoms with van der Waals surface area (Å²) >= 11 is 0. The van der Waals surface area contributed by atoms with E-state index in [-0.39, 0.29) is 11.9 Å². The molecule has 0 aliphatic carbocycles. The fourth-order valence-corrected chi connectivity index (χ4v) is 0.747. The summed E-state index contributed by atoms with van der Waals surface area (Å²) in [4.78, 5) is 10.9. The monoisotopic (exact) mass is 144 g/mol. The molecule has 0 radical (unpaired) electrons. The molecule has 3 N–H and O–H groups in total. The summed E-state index contributed by atoms with van der Waals surface area (Å²) in [6.45, 7) is 4.56. The van der Waals surface area contributed by atoms with E-state index in [1.54, 1.807) is 0 Å². The Labute approximate surface area is 62.0 Å². The first-order chi connectivity index (χ1) is 4.72. The van der Waals surface area contributed by atoms with Crippen LogP contribution >= 0.6 is 0 Å². The van der Waals surface area contributed by atoms with Gasteiger partial charge in [-0.2, -0.15) is 0 Å². The molecule has 1 amide bonds. The van der Waals surface area contributed by atoms with Crippen molar-refractivity contribution in [3.05, 3.63) is 0 Å². The molecule has 0 aliphatic heterocycles. The van der Waals surface area contributed by atoms with Crippen molar-refractivity contribution in [1.29, 1.82) is 0 Å². The quantitative estimate of drug-likeness (QED) is 0.594. The molecule has 0 spiro atoms. The van der Waals surface area contributed by atoms with E-state index in [9.17, 15) is 4.79 Å². The molecule has 60 valence electrons. The molecule has 0 aromatic heterocycles. The molecule has 0 bridgehead atoms. The van der Waals surface area contributed by atoms with Gasteiger partial charge in [0.15, 0.2) is 0 Å². The van der Waals surface area contributed by atoms with E-state index in [2.05, 4.69) is 5.32 Å². The summed E-state index contributed by atoms with van der Waals surface area (Å²) in [5, 5.41) is 2.67. The van der Waals surface area contributed by atoms with Crippen molar-refractivity contribution >= 4 is 5.91 Å². The lowest BCUT2D eigenvalue weighted by Gasteiger charge is -2.08. The van der Waals surface area contributed by atoms with Crippen molar-refractivity contribution in [3.8, 4) is 0 Å². The Balaban J connectivity index is 3.49. The zero-order valence-corrected chi connectivity index (χ0v) is 6.68. The lowest BCUT2D eigenvalue weighted by Crippen LogP contribution is -2.40. The van der Waals surface area contributed by atoms with Crippen LogP contribution in [0.25, 0.3) is 0 Å². The van der Waals surface area contributed by atoms with Gasteiger partial charge in [0.05, 0.1) is 6.04 Å². The van der Waals surface area contributed by atoms with Gasteiger partial charge in [-0.1, -0.05) is 13.3 Å². The molecule has 0 unspecified atom stereocenters. The molecule has 0 aliphatic rings. The normalized spacial score (nSPS) is 12.7. The molecule has 0 fully saturated rings. The second kappa shape index (κ2) is 5.23. The van der Waals surface area contributed by atoms with Gasteiger partial charge in [0.1, 0.15) is 0 Å². The van der Waals surface area contributed by atoms with Gasteiger partial charge in [-0.15, -0.1) is 0 Å². The average molecular weight is 144 g/mol. The highest BCUT2D eigenvalue weighted by Gasteiger charge is 2.09. The number of nitrogens with one attached hydrogen (secondary N) is 1. The van der Waals surface area contributed by atoms with Crippen molar-refractivity contribution < 1.29 is 4.79 Å². The van der Waals surface area contributed by atoms with E-state index in [4.69, 9.17) is 5.73 Å². The van der Waals surface area contributed by atoms with E-state index >= 15 is 0 Å². The topological polar surface area (TPSA) is 55.1 Å². The van der Waals surface area contributed by atoms with Crippen LogP contribution in [-0.4, -0.2) is 18.5 Å². The zero-order chi connectivity index (χ0) is 7.98. The third-order valence-corrected chi connectivity index (χ3v) is 1.29. The summed E-state index contributed by atoms with van der Waals surface area (Å²) in [7, 11) is 0. The molecule has 10 heavy (non-hydrogen) atoms. The highest BCUT2D eigenvalue weighted by molar-refractivity contribution is 5.81. The SMILES string of the molecule is CCC[C@H](N)C(=O)NCC. The number of likely N-dealkylation sites (N-methyl/N-ethyl adjacent to an activating group) is 1. The Morgan fingerprint density at radius 2 is 2.20 bits per heavy atom. The van der Waals surface area contributed by atoms with Crippen LogP contribution in [0.2, 0.25) is 0 Å². The smallest absolute Gasteiger partial charge is 0.236 e. The first-order valence-corrected chi connectivity index (χ1v) is 3.75. The minimum Gasteiger partial charge on any atom is -0.355 e. The third-order valence-electron chi connectivity index (χ3n) is 1.29. The molecular formula is C7H16N2O. The maximum absolute atomic E-state index is 10.9. The van der Waals surface area contributed by atoms with Gasteiger partial charge in [0.2, 0.25) is 5.91 Å². The summed E-state index contributed by atoms with van der Waals surface area (Å²) in [6, 6.07) is -0.315. The van der Waals surface area contributed by atoms with Gasteiger partial charge in [-0.25, -0.2) is 0 Å². The highest BCUT2D eigenvalue weighted by atomic mass is 16.2. The van der Waals surface area contributed by atoms with Gasteiger partial charge in [-0.05, 0) is 13.3 Å². The minimum atomic E-state index is -0.315. The van der Waals surface area contributed by atoms with Crippen LogP contribution in [0.5, 0.6) is 0 Å². The molecule has 0 rings (SSSR count). The van der Waals surface area contributed by atoms with Crippen molar-refractivity contribution in [2.45, 2.75) is 32.7 Å². The van der Waals surface area contributed by atoms with E-state index < -0.39 is 0 Å². The van der Waals surface area contributed by atoms with E-state index in [0.29, 0.717) is 6.54 Å². The van der Waals surface area contributed by atoms with Crippen LogP contribution in [-0.2, 0) is 4.79 Å². The summed E-state index contributed by atoms with van der Waals surface area (Å²) in [5.74, 6) is -0.0376. The van der Waals surface area contributed by atoms with Gasteiger partial charge < -0.3 is 11.1 Å². The molecule has 0 heterocycles. The summed E-state index contributed by atoms with van der Waals surface area (Å²) < 4.78 is 0. The van der Waals surface area contributed by atoms with Crippen LogP contribution in [0.1, 0.15) is 26.7 Å². The number of carbonyl (C=O) groups is 1. The molecular weight excluding hydrogens is 128 g/mol. The van der Waals surface area contributed by atoms with Crippen molar-refractivity contribution in [2.75, 3.05) is 6.54 Å². The average Bonchev–Trinajstić information content (AvgIpc) is 1.89. The third kappa shape index (κ3) is 3.45. The lowest BCUT2D eigenvalue weighted by atomic mass is 10.2. The number of hydrogen-bond acceptors (Lipinski definition) is 2.